The molecule has 6 rings (SSSR count). The van der Waals surface area contributed by atoms with Crippen molar-refractivity contribution in [3.05, 3.63) is 48.8 Å². The largest absolute Gasteiger partial charge is 0.468 e. The van der Waals surface area contributed by atoms with Crippen LogP contribution in [0.1, 0.15) is 38.1 Å². The Morgan fingerprint density at radius 3 is 2.77 bits per heavy atom. The normalized spacial score (nSPS) is 24.6. The van der Waals surface area contributed by atoms with Gasteiger partial charge in [-0.1, -0.05) is 30.4 Å². The summed E-state index contributed by atoms with van der Waals surface area (Å²) in [4.78, 5) is 25.8. The van der Waals surface area contributed by atoms with Crippen molar-refractivity contribution in [2.45, 2.75) is 50.2 Å². The third kappa shape index (κ3) is 5.36. The van der Waals surface area contributed by atoms with Crippen molar-refractivity contribution in [3.8, 4) is 5.75 Å². The Labute approximate surface area is 226 Å². The van der Waals surface area contributed by atoms with Crippen molar-refractivity contribution in [2.75, 3.05) is 31.3 Å². The Bertz CT molecular complexity index is 1430. The number of carbonyl (C=O) groups is 1. The average Bonchev–Trinajstić information content (AvgIpc) is 3.31. The van der Waals surface area contributed by atoms with Crippen molar-refractivity contribution in [1.82, 2.24) is 24.2 Å². The molecule has 2 fully saturated rings. The molecule has 12 nitrogen and oxygen atoms in total. The first kappa shape index (κ1) is 25.8. The Morgan fingerprint density at radius 2 is 2.00 bits per heavy atom. The van der Waals surface area contributed by atoms with Gasteiger partial charge in [0.15, 0.2) is 17.0 Å². The lowest BCUT2D eigenvalue weighted by atomic mass is 10.1. The molecule has 1 saturated heterocycles. The number of nitrogens with zero attached hydrogens (tertiary/aromatic N) is 5. The highest BCUT2D eigenvalue weighted by molar-refractivity contribution is 7.51. The lowest BCUT2D eigenvalue weighted by Crippen LogP contribution is -2.36. The number of nitrogens with one attached hydrogen (secondary N) is 1. The van der Waals surface area contributed by atoms with Gasteiger partial charge in [0.25, 0.3) is 0 Å². The molecule has 39 heavy (non-hydrogen) atoms. The minimum atomic E-state index is -3.87. The molecule has 1 aliphatic heterocycles. The molecule has 3 aliphatic rings. The van der Waals surface area contributed by atoms with Crippen molar-refractivity contribution in [3.63, 3.8) is 0 Å². The minimum absolute atomic E-state index is 0.0318. The first-order valence-corrected chi connectivity index (χ1v) is 14.7. The van der Waals surface area contributed by atoms with Crippen LogP contribution >= 0.6 is 7.75 Å². The maximum atomic E-state index is 14.2. The standard InChI is InChI=1S/C26H32N7O5P/c1-36-25(34)21-8-5-13-33(21)39(35,38-20-6-3-2-4-7-20)37-15-17-9-12-19(14-17)32-16-28-22-23(29-18-10-11-18)30-26(27)31-24(22)32/h2-4,6-7,9,12,16-19,21H,5,8,10-11,13-15H2,1H3,(H3,27,29,30,31)/t17-,19?,21+,39?/m1/s1. The number of allylic oxidation sites excluding steroid dienone is 1. The number of anilines is 2. The van der Waals surface area contributed by atoms with Gasteiger partial charge in [-0.3, -0.25) is 9.32 Å². The molecule has 13 heteroatoms. The van der Waals surface area contributed by atoms with Gasteiger partial charge in [-0.05, 0) is 44.2 Å². The number of rotatable bonds is 10. The van der Waals surface area contributed by atoms with Gasteiger partial charge >= 0.3 is 13.7 Å². The number of carbonyl (C=O) groups excluding carboxylic acids is 1. The fourth-order valence-corrected chi connectivity index (χ4v) is 7.17. The molecule has 2 aliphatic carbocycles. The van der Waals surface area contributed by atoms with Crippen LogP contribution in [0.3, 0.4) is 0 Å². The number of methoxy groups -OCH3 is 1. The van der Waals surface area contributed by atoms with Gasteiger partial charge in [0, 0.05) is 18.5 Å². The molecule has 0 spiro atoms. The van der Waals surface area contributed by atoms with E-state index in [2.05, 4.69) is 26.3 Å². The molecule has 2 aromatic heterocycles. The van der Waals surface area contributed by atoms with Crippen LogP contribution in [0.2, 0.25) is 0 Å². The average molecular weight is 554 g/mol. The van der Waals surface area contributed by atoms with Gasteiger partial charge in [-0.25, -0.2) is 9.55 Å². The number of nitrogens with two attached hydrogens (primary N) is 1. The van der Waals surface area contributed by atoms with E-state index in [-0.39, 0.29) is 24.5 Å². The Hall–Kier alpha value is -3.47. The maximum absolute atomic E-state index is 14.2. The van der Waals surface area contributed by atoms with Crippen LogP contribution in [0, 0.1) is 5.92 Å². The molecule has 0 amide bonds. The topological polar surface area (TPSA) is 147 Å². The first-order chi connectivity index (χ1) is 18.9. The van der Waals surface area contributed by atoms with Crippen LogP contribution in [-0.2, 0) is 18.6 Å². The summed E-state index contributed by atoms with van der Waals surface area (Å²) in [5.41, 5.74) is 7.36. The number of hydrogen-bond acceptors (Lipinski definition) is 10. The fourth-order valence-electron chi connectivity index (χ4n) is 5.16. The minimum Gasteiger partial charge on any atom is -0.468 e. The Kier molecular flexibility index (Phi) is 7.01. The molecule has 3 N–H and O–H groups in total. The summed E-state index contributed by atoms with van der Waals surface area (Å²) >= 11 is 0. The van der Waals surface area contributed by atoms with Gasteiger partial charge in [-0.2, -0.15) is 14.6 Å². The van der Waals surface area contributed by atoms with Crippen molar-refractivity contribution in [2.24, 2.45) is 5.92 Å². The summed E-state index contributed by atoms with van der Waals surface area (Å²) in [6.45, 7) is 0.562. The second kappa shape index (κ2) is 10.6. The number of aromatic nitrogens is 4. The third-order valence-corrected chi connectivity index (χ3v) is 9.32. The van der Waals surface area contributed by atoms with E-state index in [1.165, 1.54) is 11.8 Å². The summed E-state index contributed by atoms with van der Waals surface area (Å²) in [7, 11) is -2.54. The second-order valence-electron chi connectivity index (χ2n) is 10.1. The summed E-state index contributed by atoms with van der Waals surface area (Å²) < 4.78 is 34.7. The van der Waals surface area contributed by atoms with Crippen molar-refractivity contribution in [1.29, 1.82) is 0 Å². The van der Waals surface area contributed by atoms with Gasteiger partial charge < -0.3 is 24.9 Å². The molecule has 3 heterocycles. The highest BCUT2D eigenvalue weighted by atomic mass is 31.2. The van der Waals surface area contributed by atoms with E-state index in [0.29, 0.717) is 54.6 Å². The first-order valence-electron chi connectivity index (χ1n) is 13.2. The Morgan fingerprint density at radius 1 is 1.18 bits per heavy atom. The van der Waals surface area contributed by atoms with E-state index in [0.717, 1.165) is 12.8 Å². The highest BCUT2D eigenvalue weighted by Crippen LogP contribution is 2.56. The highest BCUT2D eigenvalue weighted by Gasteiger charge is 2.47. The lowest BCUT2D eigenvalue weighted by molar-refractivity contribution is -0.144. The van der Waals surface area contributed by atoms with Gasteiger partial charge in [0.1, 0.15) is 11.8 Å². The molecular formula is C26H32N7O5P. The lowest BCUT2D eigenvalue weighted by Gasteiger charge is -2.30. The van der Waals surface area contributed by atoms with Crippen LogP contribution in [-0.4, -0.2) is 62.5 Å². The molecule has 1 saturated carbocycles. The quantitative estimate of drug-likeness (QED) is 0.214. The SMILES string of the molecule is COC(=O)[C@@H]1CCCN1P(=O)(OC[C@@H]1C=CC(n2cnc3c(NC4CC4)nc(N)nc32)C1)Oc1ccccc1. The monoisotopic (exact) mass is 553 g/mol. The smallest absolute Gasteiger partial charge is 0.462 e. The van der Waals surface area contributed by atoms with E-state index < -0.39 is 19.8 Å². The fraction of sp³-hybridized carbons (Fsp3) is 0.462. The molecule has 206 valence electrons. The van der Waals surface area contributed by atoms with E-state index in [4.69, 9.17) is 19.5 Å². The molecule has 0 radical (unpaired) electrons. The number of hydrogen-bond donors (Lipinski definition) is 2. The van der Waals surface area contributed by atoms with Crippen LogP contribution in [0.15, 0.2) is 48.8 Å². The number of para-hydroxylation sites is 1. The predicted octanol–water partition coefficient (Wildman–Crippen LogP) is 3.94. The van der Waals surface area contributed by atoms with E-state index in [1.54, 1.807) is 30.6 Å². The maximum Gasteiger partial charge on any atom is 0.462 e. The number of esters is 1. The van der Waals surface area contributed by atoms with Crippen LogP contribution in [0.4, 0.5) is 11.8 Å². The summed E-state index contributed by atoms with van der Waals surface area (Å²) in [6.07, 6.45) is 9.98. The molecule has 2 unspecified atom stereocenters. The van der Waals surface area contributed by atoms with Crippen molar-refractivity contribution < 1.29 is 23.1 Å². The number of nitrogen functional groups attached to an aromatic ring is 1. The van der Waals surface area contributed by atoms with Crippen LogP contribution in [0.5, 0.6) is 5.75 Å². The van der Waals surface area contributed by atoms with Gasteiger partial charge in [-0.15, -0.1) is 0 Å². The van der Waals surface area contributed by atoms with Crippen molar-refractivity contribution >= 4 is 36.6 Å². The number of imidazole rings is 1. The summed E-state index contributed by atoms with van der Waals surface area (Å²) in [6, 6.07) is 8.56. The van der Waals surface area contributed by atoms with Gasteiger partial charge in [0.2, 0.25) is 5.95 Å². The summed E-state index contributed by atoms with van der Waals surface area (Å²) in [5.74, 6) is 0.776. The molecule has 3 aromatic rings. The third-order valence-electron chi connectivity index (χ3n) is 7.29. The van der Waals surface area contributed by atoms with Crippen LogP contribution in [0.25, 0.3) is 11.2 Å². The number of benzene rings is 1. The zero-order valence-corrected chi connectivity index (χ0v) is 22.6. The number of fused-ring (bicyclic) bond motifs is 1. The van der Waals surface area contributed by atoms with E-state index in [1.807, 2.05) is 16.7 Å². The molecule has 0 bridgehead atoms. The molecule has 4 atom stereocenters. The molecular weight excluding hydrogens is 521 g/mol. The zero-order valence-electron chi connectivity index (χ0n) is 21.7. The van der Waals surface area contributed by atoms with E-state index >= 15 is 0 Å². The second-order valence-corrected chi connectivity index (χ2v) is 12.0. The van der Waals surface area contributed by atoms with E-state index in [9.17, 15) is 9.36 Å². The molecule has 1 aromatic carbocycles. The zero-order chi connectivity index (χ0) is 27.0. The number of ether oxygens (including phenoxy) is 1. The van der Waals surface area contributed by atoms with Crippen LogP contribution < -0.4 is 15.6 Å². The predicted molar refractivity (Wildman–Crippen MR) is 145 cm³/mol. The Balaban J connectivity index is 1.18. The van der Waals surface area contributed by atoms with Gasteiger partial charge in [0.05, 0.1) is 26.1 Å². The summed E-state index contributed by atoms with van der Waals surface area (Å²) in [5, 5.41) is 3.38.